The summed E-state index contributed by atoms with van der Waals surface area (Å²) in [5, 5.41) is 12.3. The molecule has 0 bridgehead atoms. The zero-order valence-corrected chi connectivity index (χ0v) is 12.2. The van der Waals surface area contributed by atoms with Crippen LogP contribution in [0.2, 0.25) is 0 Å². The lowest BCUT2D eigenvalue weighted by molar-refractivity contribution is -0.132. The molecular formula is C16H26N2O. The molecule has 2 unspecified atom stereocenters. The average molecular weight is 262 g/mol. The Balaban J connectivity index is 2.02. The number of carbonyl (C=O) groups is 1. The lowest BCUT2D eigenvalue weighted by Crippen LogP contribution is -2.46. The number of hydrogen-bond donors (Lipinski definition) is 1. The molecule has 1 N–H and O–H groups in total. The molecule has 2 fully saturated rings. The lowest BCUT2D eigenvalue weighted by Gasteiger charge is -2.31. The zero-order chi connectivity index (χ0) is 13.9. The second-order valence-electron chi connectivity index (χ2n) is 6.83. The van der Waals surface area contributed by atoms with Crippen LogP contribution in [0.3, 0.4) is 0 Å². The molecule has 3 nitrogen and oxygen atoms in total. The van der Waals surface area contributed by atoms with E-state index in [1.165, 1.54) is 12.8 Å². The topological polar surface area (TPSA) is 52.9 Å². The van der Waals surface area contributed by atoms with Gasteiger partial charge in [-0.3, -0.25) is 4.79 Å². The second-order valence-corrected chi connectivity index (χ2v) is 6.83. The molecule has 2 aliphatic carbocycles. The Labute approximate surface area is 116 Å². The summed E-state index contributed by atoms with van der Waals surface area (Å²) >= 11 is 0. The number of carbonyl (C=O) groups excluding carboxylic acids is 1. The maximum Gasteiger partial charge on any atom is 0.226 e. The molecule has 0 radical (unpaired) electrons. The Morgan fingerprint density at radius 2 is 2.00 bits per heavy atom. The normalized spacial score (nSPS) is 29.4. The van der Waals surface area contributed by atoms with Gasteiger partial charge in [0.1, 0.15) is 0 Å². The third kappa shape index (κ3) is 3.11. The minimum Gasteiger partial charge on any atom is -0.352 e. The van der Waals surface area contributed by atoms with E-state index in [1.54, 1.807) is 0 Å². The molecule has 0 aromatic carbocycles. The fourth-order valence-electron chi connectivity index (χ4n) is 3.97. The molecular weight excluding hydrogens is 236 g/mol. The fraction of sp³-hybridized carbons (Fsp3) is 0.875. The van der Waals surface area contributed by atoms with Gasteiger partial charge in [0.25, 0.3) is 0 Å². The second kappa shape index (κ2) is 5.94. The summed E-state index contributed by atoms with van der Waals surface area (Å²) in [7, 11) is 0. The van der Waals surface area contributed by atoms with Gasteiger partial charge in [-0.25, -0.2) is 0 Å². The maximum atomic E-state index is 12.7. The summed E-state index contributed by atoms with van der Waals surface area (Å²) in [6, 6.07) is 2.45. The summed E-state index contributed by atoms with van der Waals surface area (Å²) in [5.41, 5.74) is -0.142. The van der Waals surface area contributed by atoms with E-state index in [9.17, 15) is 4.79 Å². The number of amides is 1. The van der Waals surface area contributed by atoms with Crippen molar-refractivity contribution in [3.8, 4) is 6.07 Å². The first-order valence-corrected chi connectivity index (χ1v) is 7.78. The van der Waals surface area contributed by atoms with Gasteiger partial charge in [0, 0.05) is 11.5 Å². The van der Waals surface area contributed by atoms with E-state index in [0.29, 0.717) is 5.92 Å². The molecule has 3 heteroatoms. The predicted molar refractivity (Wildman–Crippen MR) is 75.2 cm³/mol. The Morgan fingerprint density at radius 3 is 2.58 bits per heavy atom. The summed E-state index contributed by atoms with van der Waals surface area (Å²) < 4.78 is 0. The summed E-state index contributed by atoms with van der Waals surface area (Å²) in [4.78, 5) is 12.7. The van der Waals surface area contributed by atoms with E-state index in [-0.39, 0.29) is 23.3 Å². The van der Waals surface area contributed by atoms with Crippen LogP contribution in [0.4, 0.5) is 0 Å². The van der Waals surface area contributed by atoms with Crippen LogP contribution in [0.1, 0.15) is 65.2 Å². The number of nitrogens with zero attached hydrogens (tertiary/aromatic N) is 1. The highest BCUT2D eigenvalue weighted by molar-refractivity contribution is 5.83. The zero-order valence-electron chi connectivity index (χ0n) is 12.2. The van der Waals surface area contributed by atoms with Crippen molar-refractivity contribution in [3.05, 3.63) is 0 Å². The Hall–Kier alpha value is -1.04. The van der Waals surface area contributed by atoms with Gasteiger partial charge in [0.2, 0.25) is 5.91 Å². The van der Waals surface area contributed by atoms with Gasteiger partial charge in [-0.05, 0) is 44.4 Å². The smallest absolute Gasteiger partial charge is 0.226 e. The fourth-order valence-corrected chi connectivity index (χ4v) is 3.97. The first-order valence-electron chi connectivity index (χ1n) is 7.78. The third-order valence-electron chi connectivity index (χ3n) is 4.84. The minimum absolute atomic E-state index is 0.0291. The van der Waals surface area contributed by atoms with Crippen LogP contribution in [0.25, 0.3) is 0 Å². The molecule has 0 aromatic rings. The van der Waals surface area contributed by atoms with Gasteiger partial charge in [0.15, 0.2) is 0 Å². The SMILES string of the molecule is CC(C)CC1(C(=O)NC2CCCC2C#N)CCCC1. The first-order chi connectivity index (χ1) is 9.07. The predicted octanol–water partition coefficient (Wildman–Crippen LogP) is 3.40. The molecule has 2 atom stereocenters. The number of nitriles is 1. The Kier molecular flexibility index (Phi) is 4.50. The lowest BCUT2D eigenvalue weighted by atomic mass is 9.77. The minimum atomic E-state index is -0.142. The van der Waals surface area contributed by atoms with Gasteiger partial charge in [-0.1, -0.05) is 26.7 Å². The summed E-state index contributed by atoms with van der Waals surface area (Å²) in [5.74, 6) is 0.812. The van der Waals surface area contributed by atoms with Crippen LogP contribution in [0, 0.1) is 28.6 Å². The molecule has 0 aromatic heterocycles. The van der Waals surface area contributed by atoms with Gasteiger partial charge in [-0.2, -0.15) is 5.26 Å². The van der Waals surface area contributed by atoms with Crippen LogP contribution in [-0.4, -0.2) is 11.9 Å². The summed E-state index contributed by atoms with van der Waals surface area (Å²) in [6.45, 7) is 4.39. The van der Waals surface area contributed by atoms with E-state index in [1.807, 2.05) is 0 Å². The first kappa shape index (κ1) is 14.4. The van der Waals surface area contributed by atoms with Crippen LogP contribution in [0.5, 0.6) is 0 Å². The van der Waals surface area contributed by atoms with E-state index < -0.39 is 0 Å². The van der Waals surface area contributed by atoms with Crippen LogP contribution >= 0.6 is 0 Å². The number of nitrogens with one attached hydrogen (secondary N) is 1. The van der Waals surface area contributed by atoms with E-state index in [0.717, 1.165) is 38.5 Å². The highest BCUT2D eigenvalue weighted by Gasteiger charge is 2.43. The Morgan fingerprint density at radius 1 is 1.32 bits per heavy atom. The molecule has 2 saturated carbocycles. The van der Waals surface area contributed by atoms with Crippen molar-refractivity contribution in [1.29, 1.82) is 5.26 Å². The van der Waals surface area contributed by atoms with Gasteiger partial charge in [-0.15, -0.1) is 0 Å². The summed E-state index contributed by atoms with van der Waals surface area (Å²) in [6.07, 6.45) is 8.38. The molecule has 0 saturated heterocycles. The van der Waals surface area contributed by atoms with Crippen molar-refractivity contribution in [2.45, 2.75) is 71.3 Å². The molecule has 1 amide bonds. The van der Waals surface area contributed by atoms with E-state index in [4.69, 9.17) is 5.26 Å². The van der Waals surface area contributed by atoms with Crippen molar-refractivity contribution < 1.29 is 4.79 Å². The Bertz CT molecular complexity index is 363. The molecule has 106 valence electrons. The number of hydrogen-bond acceptors (Lipinski definition) is 2. The third-order valence-corrected chi connectivity index (χ3v) is 4.84. The van der Waals surface area contributed by atoms with Crippen molar-refractivity contribution >= 4 is 5.91 Å². The van der Waals surface area contributed by atoms with Gasteiger partial charge < -0.3 is 5.32 Å². The monoisotopic (exact) mass is 262 g/mol. The van der Waals surface area contributed by atoms with Crippen molar-refractivity contribution in [2.75, 3.05) is 0 Å². The van der Waals surface area contributed by atoms with Crippen molar-refractivity contribution in [2.24, 2.45) is 17.3 Å². The van der Waals surface area contributed by atoms with Crippen LogP contribution < -0.4 is 5.32 Å². The van der Waals surface area contributed by atoms with Crippen molar-refractivity contribution in [3.63, 3.8) is 0 Å². The molecule has 19 heavy (non-hydrogen) atoms. The molecule has 2 aliphatic rings. The van der Waals surface area contributed by atoms with E-state index >= 15 is 0 Å². The van der Waals surface area contributed by atoms with Crippen LogP contribution in [-0.2, 0) is 4.79 Å². The average Bonchev–Trinajstić information content (AvgIpc) is 2.98. The van der Waals surface area contributed by atoms with E-state index in [2.05, 4.69) is 25.2 Å². The van der Waals surface area contributed by atoms with Gasteiger partial charge >= 0.3 is 0 Å². The molecule has 0 aliphatic heterocycles. The molecule has 0 spiro atoms. The molecule has 0 heterocycles. The maximum absolute atomic E-state index is 12.7. The van der Waals surface area contributed by atoms with Crippen LogP contribution in [0.15, 0.2) is 0 Å². The molecule has 2 rings (SSSR count). The quantitative estimate of drug-likeness (QED) is 0.844. The highest BCUT2D eigenvalue weighted by atomic mass is 16.2. The van der Waals surface area contributed by atoms with Crippen molar-refractivity contribution in [1.82, 2.24) is 5.32 Å². The van der Waals surface area contributed by atoms with Gasteiger partial charge in [0.05, 0.1) is 12.0 Å². The standard InChI is InChI=1S/C16H26N2O/c1-12(2)10-16(8-3-4-9-16)15(19)18-14-7-5-6-13(14)11-17/h12-14H,3-10H2,1-2H3,(H,18,19). The highest BCUT2D eigenvalue weighted by Crippen LogP contribution is 2.43. The largest absolute Gasteiger partial charge is 0.352 e. The number of rotatable bonds is 4.